The van der Waals surface area contributed by atoms with Gasteiger partial charge in [0.1, 0.15) is 16.8 Å². The van der Waals surface area contributed by atoms with Gasteiger partial charge in [0.15, 0.2) is 5.82 Å². The summed E-state index contributed by atoms with van der Waals surface area (Å²) in [6, 6.07) is 7.26. The van der Waals surface area contributed by atoms with Crippen LogP contribution in [0.2, 0.25) is 5.15 Å². The molecule has 0 saturated heterocycles. The van der Waals surface area contributed by atoms with Gasteiger partial charge >= 0.3 is 0 Å². The molecule has 2 nitrogen and oxygen atoms in total. The molecule has 0 aliphatic carbocycles. The molecule has 0 amide bonds. The zero-order valence-electron chi connectivity index (χ0n) is 10.8. The summed E-state index contributed by atoms with van der Waals surface area (Å²) >= 11 is 9.22. The van der Waals surface area contributed by atoms with Crippen molar-refractivity contribution in [3.8, 4) is 11.4 Å². The van der Waals surface area contributed by atoms with Crippen LogP contribution in [-0.2, 0) is 0 Å². The van der Waals surface area contributed by atoms with Gasteiger partial charge in [0.25, 0.3) is 0 Å². The smallest absolute Gasteiger partial charge is 0.161 e. The Morgan fingerprint density at radius 3 is 2.52 bits per heavy atom. The Morgan fingerprint density at radius 1 is 1.05 bits per heavy atom. The van der Waals surface area contributed by atoms with Crippen LogP contribution in [0.4, 0.5) is 8.78 Å². The molecule has 0 aliphatic rings. The number of nitrogens with zero attached hydrogens (tertiary/aromatic N) is 2. The third-order valence-electron chi connectivity index (χ3n) is 2.99. The van der Waals surface area contributed by atoms with E-state index in [1.807, 2.05) is 0 Å². The Labute approximate surface area is 132 Å². The minimum absolute atomic E-state index is 0.192. The van der Waals surface area contributed by atoms with Crippen molar-refractivity contribution >= 4 is 38.4 Å². The number of hydrogen-bond donors (Lipinski definition) is 0. The lowest BCUT2D eigenvalue weighted by Gasteiger charge is -2.07. The van der Waals surface area contributed by atoms with E-state index >= 15 is 0 Å². The van der Waals surface area contributed by atoms with Gasteiger partial charge in [0, 0.05) is 17.0 Å². The van der Waals surface area contributed by atoms with Gasteiger partial charge in [-0.05, 0) is 52.7 Å². The van der Waals surface area contributed by atoms with Crippen LogP contribution in [0, 0.1) is 18.6 Å². The first-order chi connectivity index (χ1) is 9.94. The minimum Gasteiger partial charge on any atom is -0.228 e. The maximum absolute atomic E-state index is 13.6. The highest BCUT2D eigenvalue weighted by Gasteiger charge is 2.12. The molecule has 0 saturated carbocycles. The van der Waals surface area contributed by atoms with Crippen molar-refractivity contribution in [2.75, 3.05) is 0 Å². The van der Waals surface area contributed by atoms with E-state index in [2.05, 4.69) is 25.9 Å². The maximum Gasteiger partial charge on any atom is 0.161 e. The molecule has 3 aromatic rings. The second-order valence-electron chi connectivity index (χ2n) is 4.64. The van der Waals surface area contributed by atoms with E-state index in [4.69, 9.17) is 11.6 Å². The lowest BCUT2D eigenvalue weighted by atomic mass is 10.1. The van der Waals surface area contributed by atoms with Crippen LogP contribution >= 0.6 is 27.5 Å². The van der Waals surface area contributed by atoms with Crippen molar-refractivity contribution in [3.63, 3.8) is 0 Å². The number of benzene rings is 2. The van der Waals surface area contributed by atoms with E-state index < -0.39 is 5.82 Å². The van der Waals surface area contributed by atoms with E-state index in [0.29, 0.717) is 16.5 Å². The van der Waals surface area contributed by atoms with Crippen LogP contribution in [0.1, 0.15) is 5.56 Å². The van der Waals surface area contributed by atoms with Crippen LogP contribution in [0.15, 0.2) is 34.8 Å². The molecular weight excluding hydrogens is 362 g/mol. The van der Waals surface area contributed by atoms with Crippen molar-refractivity contribution < 1.29 is 8.78 Å². The molecule has 0 spiro atoms. The second-order valence-corrected chi connectivity index (χ2v) is 5.85. The first kappa shape index (κ1) is 14.4. The Hall–Kier alpha value is -1.59. The molecule has 21 heavy (non-hydrogen) atoms. The van der Waals surface area contributed by atoms with E-state index in [0.717, 1.165) is 5.56 Å². The summed E-state index contributed by atoms with van der Waals surface area (Å²) < 4.78 is 27.4. The van der Waals surface area contributed by atoms with Gasteiger partial charge in [-0.3, -0.25) is 0 Å². The fourth-order valence-electron chi connectivity index (χ4n) is 2.08. The summed E-state index contributed by atoms with van der Waals surface area (Å²) in [5.74, 6) is -0.567. The lowest BCUT2D eigenvalue weighted by Crippen LogP contribution is -1.94. The number of aryl methyl sites for hydroxylation is 1. The van der Waals surface area contributed by atoms with Crippen LogP contribution < -0.4 is 0 Å². The first-order valence-electron chi connectivity index (χ1n) is 6.04. The third-order valence-corrected chi connectivity index (χ3v) is 3.89. The SMILES string of the molecule is Cc1cc(F)cc(-c2nc(Cl)c3cc(Br)c(F)cc3n2)c1. The number of halogens is 4. The van der Waals surface area contributed by atoms with Gasteiger partial charge in [0.05, 0.1) is 9.99 Å². The standard InChI is InChI=1S/C15H8BrClF2N2/c1-7-2-8(4-9(18)3-7)15-20-13-6-12(19)11(16)5-10(13)14(17)21-15/h2-6H,1H3. The van der Waals surface area contributed by atoms with Crippen LogP contribution in [0.25, 0.3) is 22.3 Å². The van der Waals surface area contributed by atoms with E-state index in [9.17, 15) is 8.78 Å². The molecule has 0 atom stereocenters. The summed E-state index contributed by atoms with van der Waals surface area (Å²) in [5, 5.41) is 0.722. The zero-order valence-corrected chi connectivity index (χ0v) is 13.1. The third kappa shape index (κ3) is 2.76. The van der Waals surface area contributed by atoms with Gasteiger partial charge in [-0.2, -0.15) is 0 Å². The molecule has 1 aromatic heterocycles. The normalized spacial score (nSPS) is 11.1. The van der Waals surface area contributed by atoms with E-state index in [1.165, 1.54) is 24.3 Å². The number of rotatable bonds is 1. The van der Waals surface area contributed by atoms with Crippen molar-refractivity contribution in [1.82, 2.24) is 9.97 Å². The summed E-state index contributed by atoms with van der Waals surface area (Å²) in [4.78, 5) is 8.44. The first-order valence-corrected chi connectivity index (χ1v) is 7.21. The molecule has 0 N–H and O–H groups in total. The van der Waals surface area contributed by atoms with Gasteiger partial charge in [-0.25, -0.2) is 18.7 Å². The topological polar surface area (TPSA) is 25.8 Å². The zero-order chi connectivity index (χ0) is 15.1. The Bertz CT molecular complexity index is 848. The van der Waals surface area contributed by atoms with Crippen molar-refractivity contribution in [2.24, 2.45) is 0 Å². The van der Waals surface area contributed by atoms with Crippen molar-refractivity contribution in [1.29, 1.82) is 0 Å². The molecule has 0 fully saturated rings. The van der Waals surface area contributed by atoms with Gasteiger partial charge in [0.2, 0.25) is 0 Å². The molecule has 0 aliphatic heterocycles. The van der Waals surface area contributed by atoms with E-state index in [-0.39, 0.29) is 21.3 Å². The lowest BCUT2D eigenvalue weighted by molar-refractivity contribution is 0.622. The molecule has 0 unspecified atom stereocenters. The van der Waals surface area contributed by atoms with Crippen molar-refractivity contribution in [2.45, 2.75) is 6.92 Å². The van der Waals surface area contributed by atoms with Gasteiger partial charge < -0.3 is 0 Å². The van der Waals surface area contributed by atoms with Crippen LogP contribution in [-0.4, -0.2) is 9.97 Å². The van der Waals surface area contributed by atoms with Crippen LogP contribution in [0.3, 0.4) is 0 Å². The highest BCUT2D eigenvalue weighted by Crippen LogP contribution is 2.29. The summed E-state index contributed by atoms with van der Waals surface area (Å²) in [6.07, 6.45) is 0. The highest BCUT2D eigenvalue weighted by molar-refractivity contribution is 9.10. The Morgan fingerprint density at radius 2 is 1.81 bits per heavy atom. The molecule has 106 valence electrons. The summed E-state index contributed by atoms with van der Waals surface area (Å²) in [7, 11) is 0. The fraction of sp³-hybridized carbons (Fsp3) is 0.0667. The predicted molar refractivity (Wildman–Crippen MR) is 82.3 cm³/mol. The summed E-state index contributed by atoms with van der Waals surface area (Å²) in [6.45, 7) is 1.77. The monoisotopic (exact) mass is 368 g/mol. The Kier molecular flexibility index (Phi) is 3.63. The predicted octanol–water partition coefficient (Wildman–Crippen LogP) is 5.30. The maximum atomic E-state index is 13.6. The molecule has 6 heteroatoms. The van der Waals surface area contributed by atoms with Crippen molar-refractivity contribution in [3.05, 3.63) is 57.2 Å². The quantitative estimate of drug-likeness (QED) is 0.544. The van der Waals surface area contributed by atoms with Gasteiger partial charge in [-0.15, -0.1) is 0 Å². The molecule has 0 radical (unpaired) electrons. The summed E-state index contributed by atoms with van der Waals surface area (Å²) in [5.41, 5.74) is 1.61. The highest BCUT2D eigenvalue weighted by atomic mass is 79.9. The average Bonchev–Trinajstić information content (AvgIpc) is 2.40. The second kappa shape index (κ2) is 5.31. The molecule has 1 heterocycles. The van der Waals surface area contributed by atoms with Gasteiger partial charge in [-0.1, -0.05) is 11.6 Å². The molecule has 3 rings (SSSR count). The number of hydrogen-bond acceptors (Lipinski definition) is 2. The molecular formula is C15H8BrClF2N2. The Balaban J connectivity index is 2.27. The number of aromatic nitrogens is 2. The minimum atomic E-state index is -0.446. The molecule has 0 bridgehead atoms. The van der Waals surface area contributed by atoms with Crippen LogP contribution in [0.5, 0.6) is 0 Å². The van der Waals surface area contributed by atoms with E-state index in [1.54, 1.807) is 13.0 Å². The average molecular weight is 370 g/mol. The largest absolute Gasteiger partial charge is 0.228 e. The number of fused-ring (bicyclic) bond motifs is 1. The molecule has 2 aromatic carbocycles. The fourth-order valence-corrected chi connectivity index (χ4v) is 2.66.